The van der Waals surface area contributed by atoms with Crippen molar-refractivity contribution in [2.45, 2.75) is 38.3 Å². The van der Waals surface area contributed by atoms with Crippen LogP contribution < -0.4 is 25.0 Å². The average molecular weight is 710 g/mol. The molecule has 3 N–H and O–H groups in total. The highest BCUT2D eigenvalue weighted by Gasteiger charge is 2.35. The van der Waals surface area contributed by atoms with E-state index in [1.54, 1.807) is 32.0 Å². The molecule has 46 heavy (non-hydrogen) atoms. The van der Waals surface area contributed by atoms with E-state index in [1.807, 2.05) is 12.1 Å². The summed E-state index contributed by atoms with van der Waals surface area (Å²) in [5, 5.41) is 6.73. The van der Waals surface area contributed by atoms with Crippen LogP contribution in [0.4, 0.5) is 34.5 Å². The number of aryl methyl sites for hydroxylation is 1. The second kappa shape index (κ2) is 14.0. The molecular weight excluding hydrogens is 668 g/mol. The van der Waals surface area contributed by atoms with Crippen molar-refractivity contribution >= 4 is 72.5 Å². The third-order valence-corrected chi connectivity index (χ3v) is 9.93. The number of likely N-dealkylation sites (tertiary alicyclic amines) is 1. The minimum atomic E-state index is -1.33. The van der Waals surface area contributed by atoms with Crippen LogP contribution in [-0.2, 0) is 17.4 Å². The fourth-order valence-corrected chi connectivity index (χ4v) is 6.98. The van der Waals surface area contributed by atoms with Gasteiger partial charge in [-0.15, -0.1) is 0 Å². The summed E-state index contributed by atoms with van der Waals surface area (Å²) in [6.45, 7) is 6.60. The van der Waals surface area contributed by atoms with Crippen molar-refractivity contribution in [1.82, 2.24) is 29.7 Å². The first-order valence-corrected chi connectivity index (χ1v) is 17.9. The maximum Gasteiger partial charge on any atom is 0.229 e. The van der Waals surface area contributed by atoms with E-state index < -0.39 is 11.0 Å². The number of piperidine rings is 1. The van der Waals surface area contributed by atoms with E-state index in [0.29, 0.717) is 50.7 Å². The van der Waals surface area contributed by atoms with Crippen LogP contribution in [0.5, 0.6) is 5.75 Å². The normalized spacial score (nSPS) is 16.8. The van der Waals surface area contributed by atoms with Gasteiger partial charge in [0.15, 0.2) is 0 Å². The van der Waals surface area contributed by atoms with Gasteiger partial charge >= 0.3 is 0 Å². The van der Waals surface area contributed by atoms with Gasteiger partial charge in [-0.3, -0.25) is 14.9 Å². The number of anilines is 6. The van der Waals surface area contributed by atoms with Crippen LogP contribution in [0, 0.1) is 0 Å². The molecule has 4 heterocycles. The molecule has 2 aromatic carbocycles. The van der Waals surface area contributed by atoms with Gasteiger partial charge in [0.1, 0.15) is 28.1 Å². The molecule has 14 heteroatoms. The predicted molar refractivity (Wildman–Crippen MR) is 190 cm³/mol. The summed E-state index contributed by atoms with van der Waals surface area (Å²) in [6, 6.07) is 9.36. The van der Waals surface area contributed by atoms with Crippen molar-refractivity contribution < 1.29 is 8.95 Å². The molecule has 0 spiro atoms. The van der Waals surface area contributed by atoms with E-state index in [2.05, 4.69) is 94.1 Å². The Morgan fingerprint density at radius 1 is 1.07 bits per heavy atom. The fourth-order valence-electron chi connectivity index (χ4n) is 6.19. The molecule has 244 valence electrons. The maximum atomic E-state index is 12.2. The number of benzene rings is 2. The van der Waals surface area contributed by atoms with Gasteiger partial charge < -0.3 is 29.9 Å². The Morgan fingerprint density at radius 2 is 1.83 bits per heavy atom. The third-order valence-electron chi connectivity index (χ3n) is 8.85. The summed E-state index contributed by atoms with van der Waals surface area (Å²) in [6.07, 6.45) is 9.72. The van der Waals surface area contributed by atoms with Gasteiger partial charge in [-0.05, 0) is 73.1 Å². The number of halogens is 1. The molecule has 1 unspecified atom stereocenters. The summed E-state index contributed by atoms with van der Waals surface area (Å²) in [4.78, 5) is 25.6. The van der Waals surface area contributed by atoms with Crippen molar-refractivity contribution in [2.24, 2.45) is 0 Å². The quantitative estimate of drug-likeness (QED) is 0.191. The summed E-state index contributed by atoms with van der Waals surface area (Å²) in [7, 11) is 4.72. The minimum Gasteiger partial charge on any atom is -0.494 e. The molecule has 0 amide bonds. The Labute approximate surface area is 281 Å². The zero-order valence-electron chi connectivity index (χ0n) is 26.9. The van der Waals surface area contributed by atoms with Crippen LogP contribution in [0.2, 0.25) is 0 Å². The van der Waals surface area contributed by atoms with Gasteiger partial charge in [-0.2, -0.15) is 4.98 Å². The first-order chi connectivity index (χ1) is 22.2. The Morgan fingerprint density at radius 3 is 2.52 bits per heavy atom. The van der Waals surface area contributed by atoms with E-state index in [4.69, 9.17) is 9.72 Å². The zero-order valence-corrected chi connectivity index (χ0v) is 29.3. The van der Waals surface area contributed by atoms with E-state index >= 15 is 0 Å². The van der Waals surface area contributed by atoms with Crippen molar-refractivity contribution in [3.63, 3.8) is 0 Å². The SMILES string of the molecule is CCc1cc(Nc2ncc(Br)c(Nc3ccc4nccnc4c3NS(C)=O)n2)c(OC)cc1N1CCC(N2CC(N(C)C)C2)CC1. The number of methoxy groups -OCH3 is 1. The topological polar surface area (TPSA) is 124 Å². The summed E-state index contributed by atoms with van der Waals surface area (Å²) in [5.41, 5.74) is 5.78. The van der Waals surface area contributed by atoms with E-state index in [1.165, 1.54) is 37.2 Å². The standard InChI is InChI=1S/C32H41BrN10O2S/c1-6-20-15-26(28(45-4)16-27(20)42-13-9-21(10-14-42)43-18-22(19-43)41(2)3)38-32-36-17-23(33)31(39-32)37-25-8-7-24-29(35-12-11-34-24)30(25)40-46(5)44/h7-8,11-12,15-17,21-22,40H,6,9-10,13-14,18-19H2,1-5H3,(H2,36,37,38,39). The molecule has 2 saturated heterocycles. The number of rotatable bonds is 11. The molecule has 2 aromatic heterocycles. The Bertz CT molecular complexity index is 1730. The lowest BCUT2D eigenvalue weighted by Crippen LogP contribution is -2.62. The molecule has 4 aromatic rings. The number of nitrogens with zero attached hydrogens (tertiary/aromatic N) is 7. The van der Waals surface area contributed by atoms with Crippen molar-refractivity contribution in [3.8, 4) is 5.75 Å². The molecule has 6 rings (SSSR count). The zero-order chi connectivity index (χ0) is 32.4. The van der Waals surface area contributed by atoms with Crippen LogP contribution >= 0.6 is 15.9 Å². The lowest BCUT2D eigenvalue weighted by molar-refractivity contribution is 0.0188. The maximum absolute atomic E-state index is 12.2. The number of hydrogen-bond donors (Lipinski definition) is 3. The molecular formula is C32H41BrN10O2S. The highest BCUT2D eigenvalue weighted by Crippen LogP contribution is 2.38. The van der Waals surface area contributed by atoms with Crippen molar-refractivity contribution in [1.29, 1.82) is 0 Å². The van der Waals surface area contributed by atoms with E-state index in [9.17, 15) is 4.21 Å². The van der Waals surface area contributed by atoms with E-state index in [-0.39, 0.29) is 0 Å². The van der Waals surface area contributed by atoms with Crippen molar-refractivity contribution in [3.05, 3.63) is 52.9 Å². The highest BCUT2D eigenvalue weighted by molar-refractivity contribution is 9.10. The minimum absolute atomic E-state index is 0.402. The molecule has 12 nitrogen and oxygen atoms in total. The first-order valence-electron chi connectivity index (χ1n) is 15.5. The number of ether oxygens (including phenoxy) is 1. The lowest BCUT2D eigenvalue weighted by atomic mass is 9.96. The number of fused-ring (bicyclic) bond motifs is 1. The molecule has 2 aliphatic rings. The van der Waals surface area contributed by atoms with Crippen LogP contribution in [0.1, 0.15) is 25.3 Å². The van der Waals surface area contributed by atoms with Gasteiger partial charge in [-0.25, -0.2) is 9.19 Å². The van der Waals surface area contributed by atoms with Gasteiger partial charge in [-0.1, -0.05) is 6.92 Å². The Hall–Kier alpha value is -3.59. The van der Waals surface area contributed by atoms with E-state index in [0.717, 1.165) is 30.9 Å². The summed E-state index contributed by atoms with van der Waals surface area (Å²) in [5.74, 6) is 1.66. The van der Waals surface area contributed by atoms with Crippen LogP contribution in [-0.4, -0.2) is 99.7 Å². The molecule has 2 fully saturated rings. The largest absolute Gasteiger partial charge is 0.494 e. The smallest absolute Gasteiger partial charge is 0.229 e. The molecule has 0 aliphatic carbocycles. The molecule has 2 aliphatic heterocycles. The lowest BCUT2D eigenvalue weighted by Gasteiger charge is -2.49. The van der Waals surface area contributed by atoms with Crippen LogP contribution in [0.25, 0.3) is 11.0 Å². The number of nitrogens with one attached hydrogen (secondary N) is 3. The van der Waals surface area contributed by atoms with Crippen LogP contribution in [0.3, 0.4) is 0 Å². The summed E-state index contributed by atoms with van der Waals surface area (Å²) < 4.78 is 21.7. The second-order valence-electron chi connectivity index (χ2n) is 11.9. The molecule has 0 bridgehead atoms. The molecule has 0 radical (unpaired) electrons. The van der Waals surface area contributed by atoms with Crippen LogP contribution in [0.15, 0.2) is 47.3 Å². The Kier molecular flexibility index (Phi) is 9.87. The van der Waals surface area contributed by atoms with Crippen molar-refractivity contribution in [2.75, 3.05) is 73.9 Å². The van der Waals surface area contributed by atoms with Gasteiger partial charge in [0.05, 0.1) is 34.2 Å². The molecule has 0 saturated carbocycles. The third kappa shape index (κ3) is 6.89. The Balaban J connectivity index is 1.20. The number of hydrogen-bond acceptors (Lipinski definition) is 11. The average Bonchev–Trinajstić information content (AvgIpc) is 3.02. The van der Waals surface area contributed by atoms with Gasteiger partial charge in [0, 0.05) is 74.9 Å². The summed E-state index contributed by atoms with van der Waals surface area (Å²) >= 11 is 3.57. The second-order valence-corrected chi connectivity index (χ2v) is 13.9. The van der Waals surface area contributed by atoms with Gasteiger partial charge in [0.2, 0.25) is 5.95 Å². The molecule has 1 atom stereocenters. The predicted octanol–water partition coefficient (Wildman–Crippen LogP) is 5.16. The fraction of sp³-hybridized carbons (Fsp3) is 0.438. The first kappa shape index (κ1) is 32.4. The monoisotopic (exact) mass is 708 g/mol. The highest BCUT2D eigenvalue weighted by atomic mass is 79.9. The van der Waals surface area contributed by atoms with Gasteiger partial charge in [0.25, 0.3) is 0 Å². The number of likely N-dealkylation sites (N-methyl/N-ethyl adjacent to an activating group) is 1. The number of aromatic nitrogens is 4.